The SMILES string of the molecule is COc1ccc(C23C(=O)N(Nc4ccc(Cl)cc4Cl)C(=O)C2CC2C(=CCC4C(=O)N(c5cc([N+](=O)[O-])c(N(C)C)c([N+](=O)[O-])c5)C(=O)C42)C3c2ccc3ccccc3c2O)cc1. The lowest BCUT2D eigenvalue weighted by Gasteiger charge is -2.50. The summed E-state index contributed by atoms with van der Waals surface area (Å²) in [5.41, 5.74) is 0.529. The highest BCUT2D eigenvalue weighted by molar-refractivity contribution is 6.36. The van der Waals surface area contributed by atoms with Crippen LogP contribution in [0.15, 0.2) is 103 Å². The van der Waals surface area contributed by atoms with Crippen molar-refractivity contribution in [3.8, 4) is 11.5 Å². The first-order chi connectivity index (χ1) is 30.1. The van der Waals surface area contributed by atoms with Crippen molar-refractivity contribution < 1.29 is 38.9 Å². The molecule has 6 unspecified atom stereocenters. The third-order valence-electron chi connectivity index (χ3n) is 13.0. The van der Waals surface area contributed by atoms with Crippen molar-refractivity contribution in [1.29, 1.82) is 0 Å². The summed E-state index contributed by atoms with van der Waals surface area (Å²) < 4.78 is 5.47. The zero-order chi connectivity index (χ0) is 44.8. The van der Waals surface area contributed by atoms with Crippen molar-refractivity contribution in [2.45, 2.75) is 24.2 Å². The summed E-state index contributed by atoms with van der Waals surface area (Å²) in [5.74, 6) is -8.00. The molecule has 3 fully saturated rings. The molecule has 16 nitrogen and oxygen atoms in total. The molecule has 1 saturated carbocycles. The van der Waals surface area contributed by atoms with E-state index in [0.29, 0.717) is 32.7 Å². The fourth-order valence-electron chi connectivity index (χ4n) is 10.4. The zero-order valence-electron chi connectivity index (χ0n) is 33.7. The van der Waals surface area contributed by atoms with Crippen molar-refractivity contribution in [1.82, 2.24) is 5.01 Å². The Balaban J connectivity index is 1.26. The van der Waals surface area contributed by atoms with E-state index >= 15 is 9.59 Å². The third-order valence-corrected chi connectivity index (χ3v) is 13.5. The second-order valence-electron chi connectivity index (χ2n) is 16.2. The Morgan fingerprint density at radius 3 is 2.17 bits per heavy atom. The van der Waals surface area contributed by atoms with Crippen LogP contribution in [-0.2, 0) is 24.6 Å². The lowest BCUT2D eigenvalue weighted by Crippen LogP contribution is -2.53. The molecule has 4 amide bonds. The molecule has 0 bridgehead atoms. The topological polar surface area (TPSA) is 206 Å². The Hall–Kier alpha value is -7.04. The molecular weight excluding hydrogens is 855 g/mol. The number of nitro benzene ring substituents is 2. The molecule has 0 spiro atoms. The summed E-state index contributed by atoms with van der Waals surface area (Å²) in [7, 11) is 4.29. The van der Waals surface area contributed by atoms with Crippen LogP contribution in [-0.4, -0.2) is 64.8 Å². The first kappa shape index (κ1) is 41.3. The number of nitrogens with one attached hydrogen (secondary N) is 1. The van der Waals surface area contributed by atoms with Gasteiger partial charge < -0.3 is 14.7 Å². The third kappa shape index (κ3) is 6.10. The van der Waals surface area contributed by atoms with Gasteiger partial charge in [-0.15, -0.1) is 0 Å². The van der Waals surface area contributed by atoms with Gasteiger partial charge in [-0.25, -0.2) is 4.90 Å². The molecule has 2 aliphatic heterocycles. The van der Waals surface area contributed by atoms with E-state index < -0.39 is 79.9 Å². The van der Waals surface area contributed by atoms with Crippen LogP contribution in [0.5, 0.6) is 11.5 Å². The molecule has 5 aromatic rings. The van der Waals surface area contributed by atoms with Crippen LogP contribution in [0.2, 0.25) is 10.0 Å². The summed E-state index contributed by atoms with van der Waals surface area (Å²) in [5, 5.41) is 39.4. The first-order valence-corrected chi connectivity index (χ1v) is 20.5. The maximum Gasteiger partial charge on any atom is 0.301 e. The van der Waals surface area contributed by atoms with Gasteiger partial charge in [-0.2, -0.15) is 5.01 Å². The van der Waals surface area contributed by atoms with Crippen LogP contribution < -0.4 is 20.0 Å². The number of hydrazine groups is 1. The number of phenols is 1. The largest absolute Gasteiger partial charge is 0.507 e. The molecule has 9 rings (SSSR count). The molecule has 63 heavy (non-hydrogen) atoms. The van der Waals surface area contributed by atoms with Gasteiger partial charge in [0.25, 0.3) is 11.8 Å². The number of rotatable bonds is 9. The molecule has 18 heteroatoms. The Labute approximate surface area is 368 Å². The number of carbonyl (C=O) groups is 4. The maximum absolute atomic E-state index is 15.7. The quantitative estimate of drug-likeness (QED) is 0.0626. The predicted molar refractivity (Wildman–Crippen MR) is 233 cm³/mol. The Bertz CT molecular complexity index is 2850. The van der Waals surface area contributed by atoms with E-state index in [2.05, 4.69) is 5.43 Å². The summed E-state index contributed by atoms with van der Waals surface area (Å²) in [4.78, 5) is 85.3. The molecule has 6 atom stereocenters. The van der Waals surface area contributed by atoms with Gasteiger partial charge in [-0.3, -0.25) is 44.8 Å². The average molecular weight is 892 g/mol. The molecular formula is C45H36Cl2N6O10. The highest BCUT2D eigenvalue weighted by atomic mass is 35.5. The van der Waals surface area contributed by atoms with E-state index in [1.807, 2.05) is 12.1 Å². The minimum atomic E-state index is -1.78. The standard InChI is InChI=1S/C45H36Cl2N6O10/c1-49(2)39-35(52(59)60)19-25(20-36(39)53(61)62)50-41(55)29-16-15-28-31(37(29)43(50)57)21-32-42(56)51(48-34-17-11-24(46)18-33(34)47)44(58)45(32,23-9-12-26(63-3)13-10-23)38(28)30-14-8-22-6-4-5-7-27(22)40(30)54/h4-15,17-20,29,31-32,37-38,48,54H,16,21H2,1-3H3. The molecule has 5 aromatic carbocycles. The summed E-state index contributed by atoms with van der Waals surface area (Å²) >= 11 is 12.8. The van der Waals surface area contributed by atoms with Crippen molar-refractivity contribution >= 4 is 86.0 Å². The highest BCUT2D eigenvalue weighted by Crippen LogP contribution is 2.65. The second kappa shape index (κ2) is 15.1. The maximum atomic E-state index is 15.7. The smallest absolute Gasteiger partial charge is 0.301 e. The van der Waals surface area contributed by atoms with Gasteiger partial charge in [0.15, 0.2) is 5.69 Å². The van der Waals surface area contributed by atoms with Crippen LogP contribution in [0.4, 0.5) is 28.4 Å². The predicted octanol–water partition coefficient (Wildman–Crippen LogP) is 7.93. The lowest BCUT2D eigenvalue weighted by molar-refractivity contribution is -0.392. The first-order valence-electron chi connectivity index (χ1n) is 19.8. The van der Waals surface area contributed by atoms with Crippen molar-refractivity contribution in [2.75, 3.05) is 36.4 Å². The Morgan fingerprint density at radius 1 is 0.857 bits per heavy atom. The summed E-state index contributed by atoms with van der Waals surface area (Å²) in [6.45, 7) is 0. The number of aromatic hydroxyl groups is 1. The fourth-order valence-corrected chi connectivity index (χ4v) is 10.9. The number of fused-ring (bicyclic) bond motifs is 5. The van der Waals surface area contributed by atoms with Gasteiger partial charge in [-0.05, 0) is 60.0 Å². The molecule has 320 valence electrons. The molecule has 2 heterocycles. The number of anilines is 3. The highest BCUT2D eigenvalue weighted by Gasteiger charge is 2.71. The normalized spacial score (nSPS) is 23.9. The molecule has 0 aromatic heterocycles. The molecule has 0 radical (unpaired) electrons. The number of hydrogen-bond acceptors (Lipinski definition) is 12. The molecule has 4 aliphatic rings. The minimum absolute atomic E-state index is 0.0315. The van der Waals surface area contributed by atoms with E-state index in [9.17, 15) is 34.9 Å². The van der Waals surface area contributed by atoms with Crippen LogP contribution in [0.3, 0.4) is 0 Å². The van der Waals surface area contributed by atoms with Gasteiger partial charge in [0.1, 0.15) is 11.5 Å². The van der Waals surface area contributed by atoms with Crippen molar-refractivity contribution in [3.63, 3.8) is 0 Å². The summed E-state index contributed by atoms with van der Waals surface area (Å²) in [6.07, 6.45) is 1.62. The number of carbonyl (C=O) groups excluding carboxylic acids is 4. The van der Waals surface area contributed by atoms with Gasteiger partial charge in [0, 0.05) is 48.1 Å². The number of allylic oxidation sites excluding steroid dienone is 2. The molecule has 2 saturated heterocycles. The van der Waals surface area contributed by atoms with Gasteiger partial charge in [0.2, 0.25) is 11.8 Å². The number of nitrogens with zero attached hydrogens (tertiary/aromatic N) is 5. The number of imide groups is 2. The van der Waals surface area contributed by atoms with E-state index in [0.717, 1.165) is 22.0 Å². The number of ether oxygens (including phenoxy) is 1. The molecule has 2 aliphatic carbocycles. The van der Waals surface area contributed by atoms with Gasteiger partial charge in [0.05, 0.1) is 56.5 Å². The lowest BCUT2D eigenvalue weighted by atomic mass is 9.49. The average Bonchev–Trinajstić information content (AvgIpc) is 3.64. The van der Waals surface area contributed by atoms with Crippen molar-refractivity contribution in [2.24, 2.45) is 23.7 Å². The second-order valence-corrected chi connectivity index (χ2v) is 17.0. The number of nitro groups is 2. The minimum Gasteiger partial charge on any atom is -0.507 e. The Morgan fingerprint density at radius 2 is 1.54 bits per heavy atom. The van der Waals surface area contributed by atoms with Crippen LogP contribution in [0.1, 0.15) is 29.9 Å². The molecule has 2 N–H and O–H groups in total. The van der Waals surface area contributed by atoms with E-state index in [-0.39, 0.29) is 46.2 Å². The van der Waals surface area contributed by atoms with Crippen molar-refractivity contribution in [3.05, 3.63) is 144 Å². The fraction of sp³-hybridized carbons (Fsp3) is 0.244. The number of benzene rings is 5. The van der Waals surface area contributed by atoms with E-state index in [1.54, 1.807) is 54.6 Å². The zero-order valence-corrected chi connectivity index (χ0v) is 35.2. The number of methoxy groups -OCH3 is 1. The number of hydrogen-bond donors (Lipinski definition) is 2. The van der Waals surface area contributed by atoms with Gasteiger partial charge >= 0.3 is 11.4 Å². The number of phenolic OH excluding ortho intramolecular Hbond substituents is 1. The van der Waals surface area contributed by atoms with Crippen LogP contribution in [0, 0.1) is 43.9 Å². The Kier molecular flexibility index (Phi) is 9.90. The van der Waals surface area contributed by atoms with Crippen LogP contribution in [0.25, 0.3) is 10.8 Å². The van der Waals surface area contributed by atoms with Crippen LogP contribution >= 0.6 is 23.2 Å². The van der Waals surface area contributed by atoms with E-state index in [4.69, 9.17) is 27.9 Å². The summed E-state index contributed by atoms with van der Waals surface area (Å²) in [6, 6.07) is 23.8. The number of halogens is 2. The number of amides is 4. The van der Waals surface area contributed by atoms with E-state index in [1.165, 1.54) is 44.3 Å². The monoisotopic (exact) mass is 890 g/mol. The van der Waals surface area contributed by atoms with Gasteiger partial charge in [-0.1, -0.05) is 83.4 Å².